The molecule has 1 saturated heterocycles. The molecular formula is C20H35N5O3. The van der Waals surface area contributed by atoms with Crippen LogP contribution in [0.4, 0.5) is 10.6 Å². The van der Waals surface area contributed by atoms with Crippen LogP contribution in [0.15, 0.2) is 12.3 Å². The van der Waals surface area contributed by atoms with Crippen molar-refractivity contribution >= 4 is 17.8 Å². The van der Waals surface area contributed by atoms with Crippen LogP contribution in [-0.2, 0) is 9.53 Å². The van der Waals surface area contributed by atoms with Gasteiger partial charge in [-0.05, 0) is 66.8 Å². The molecule has 2 amide bonds. The summed E-state index contributed by atoms with van der Waals surface area (Å²) in [4.78, 5) is 26.8. The lowest BCUT2D eigenvalue weighted by atomic mass is 9.96. The van der Waals surface area contributed by atoms with E-state index in [1.807, 2.05) is 47.6 Å². The van der Waals surface area contributed by atoms with Crippen molar-refractivity contribution in [1.82, 2.24) is 20.0 Å². The van der Waals surface area contributed by atoms with Crippen LogP contribution >= 0.6 is 0 Å². The first kappa shape index (κ1) is 22.2. The van der Waals surface area contributed by atoms with Crippen molar-refractivity contribution in [1.29, 1.82) is 0 Å². The summed E-state index contributed by atoms with van der Waals surface area (Å²) in [6.45, 7) is 13.7. The van der Waals surface area contributed by atoms with Crippen molar-refractivity contribution in [3.05, 3.63) is 12.3 Å². The van der Waals surface area contributed by atoms with Crippen molar-refractivity contribution in [3.63, 3.8) is 0 Å². The second-order valence-electron chi connectivity index (χ2n) is 8.81. The van der Waals surface area contributed by atoms with Gasteiger partial charge >= 0.3 is 6.09 Å². The quantitative estimate of drug-likeness (QED) is 0.776. The molecule has 8 heteroatoms. The Hall–Kier alpha value is -2.09. The van der Waals surface area contributed by atoms with Crippen LogP contribution in [0, 0.1) is 5.92 Å². The number of rotatable bonds is 6. The van der Waals surface area contributed by atoms with Gasteiger partial charge in [-0.3, -0.25) is 9.69 Å². The highest BCUT2D eigenvalue weighted by molar-refractivity contribution is 5.93. The number of carbonyl (C=O) groups excluding carboxylic acids is 2. The summed E-state index contributed by atoms with van der Waals surface area (Å²) >= 11 is 0. The summed E-state index contributed by atoms with van der Waals surface area (Å²) in [5.74, 6) is 0.980. The largest absolute Gasteiger partial charge is 0.444 e. The number of hydrogen-bond donors (Lipinski definition) is 2. The number of piperidine rings is 1. The third-order valence-electron chi connectivity index (χ3n) is 4.82. The van der Waals surface area contributed by atoms with E-state index in [4.69, 9.17) is 4.74 Å². The Morgan fingerprint density at radius 1 is 1.32 bits per heavy atom. The first-order chi connectivity index (χ1) is 13.1. The van der Waals surface area contributed by atoms with E-state index < -0.39 is 11.7 Å². The lowest BCUT2D eigenvalue weighted by molar-refractivity contribution is -0.121. The van der Waals surface area contributed by atoms with E-state index in [-0.39, 0.29) is 18.0 Å². The van der Waals surface area contributed by atoms with Crippen LogP contribution in [0.1, 0.15) is 60.4 Å². The predicted octanol–water partition coefficient (Wildman–Crippen LogP) is 3.03. The summed E-state index contributed by atoms with van der Waals surface area (Å²) in [5.41, 5.74) is -0.502. The number of ether oxygens (including phenoxy) is 1. The Balaban J connectivity index is 1.86. The smallest absolute Gasteiger partial charge is 0.407 e. The summed E-state index contributed by atoms with van der Waals surface area (Å²) in [5, 5.41) is 10.1. The third kappa shape index (κ3) is 6.51. The van der Waals surface area contributed by atoms with Gasteiger partial charge in [0.1, 0.15) is 11.4 Å². The van der Waals surface area contributed by atoms with E-state index >= 15 is 0 Å². The van der Waals surface area contributed by atoms with Crippen molar-refractivity contribution < 1.29 is 14.3 Å². The van der Waals surface area contributed by atoms with Crippen LogP contribution in [0.5, 0.6) is 0 Å². The topological polar surface area (TPSA) is 88.5 Å². The van der Waals surface area contributed by atoms with Gasteiger partial charge in [0.15, 0.2) is 0 Å². The Morgan fingerprint density at radius 3 is 2.68 bits per heavy atom. The molecule has 0 aliphatic carbocycles. The molecule has 0 bridgehead atoms. The van der Waals surface area contributed by atoms with E-state index in [1.165, 1.54) is 0 Å². The van der Waals surface area contributed by atoms with Crippen LogP contribution in [0.3, 0.4) is 0 Å². The van der Waals surface area contributed by atoms with E-state index in [0.717, 1.165) is 25.9 Å². The zero-order valence-electron chi connectivity index (χ0n) is 18.0. The first-order valence-electron chi connectivity index (χ1n) is 10.1. The van der Waals surface area contributed by atoms with Crippen LogP contribution in [0.2, 0.25) is 0 Å². The van der Waals surface area contributed by atoms with Crippen molar-refractivity contribution in [2.45, 2.75) is 72.1 Å². The summed E-state index contributed by atoms with van der Waals surface area (Å²) in [6.07, 6.45) is 3.33. The molecule has 1 aromatic rings. The molecule has 1 aliphatic heterocycles. The zero-order valence-corrected chi connectivity index (χ0v) is 18.0. The molecule has 0 radical (unpaired) electrons. The second-order valence-corrected chi connectivity index (χ2v) is 8.81. The standard InChI is InChI=1S/C20H35N5O3/c1-14(2)25-17(9-10-22-25)23-18(26)15(3)24-11-7-8-16(13-24)12-21-19(27)28-20(4,5)6/h9-10,14-16H,7-8,11-13H2,1-6H3,(H,21,27)(H,23,26). The highest BCUT2D eigenvalue weighted by Gasteiger charge is 2.28. The Kier molecular flexibility index (Phi) is 7.46. The molecule has 2 atom stereocenters. The van der Waals surface area contributed by atoms with Gasteiger partial charge in [0, 0.05) is 25.2 Å². The molecule has 2 unspecified atom stereocenters. The average molecular weight is 394 g/mol. The number of anilines is 1. The average Bonchev–Trinajstić information content (AvgIpc) is 3.06. The van der Waals surface area contributed by atoms with Gasteiger partial charge in [0.2, 0.25) is 5.91 Å². The number of amides is 2. The number of hydrogen-bond acceptors (Lipinski definition) is 5. The van der Waals surface area contributed by atoms with Crippen LogP contribution in [0.25, 0.3) is 0 Å². The fourth-order valence-corrected chi connectivity index (χ4v) is 3.38. The van der Waals surface area contributed by atoms with Gasteiger partial charge < -0.3 is 15.4 Å². The molecule has 2 heterocycles. The molecule has 28 heavy (non-hydrogen) atoms. The molecule has 2 rings (SSSR count). The maximum Gasteiger partial charge on any atom is 0.407 e. The summed E-state index contributed by atoms with van der Waals surface area (Å²) in [7, 11) is 0. The highest BCUT2D eigenvalue weighted by atomic mass is 16.6. The van der Waals surface area contributed by atoms with Crippen molar-refractivity contribution in [3.8, 4) is 0 Å². The Labute approximate surface area is 168 Å². The fourth-order valence-electron chi connectivity index (χ4n) is 3.38. The molecular weight excluding hydrogens is 358 g/mol. The number of nitrogens with one attached hydrogen (secondary N) is 2. The van der Waals surface area contributed by atoms with Gasteiger partial charge in [0.05, 0.1) is 12.2 Å². The minimum absolute atomic E-state index is 0.0387. The van der Waals surface area contributed by atoms with E-state index in [2.05, 4.69) is 20.6 Å². The van der Waals surface area contributed by atoms with Gasteiger partial charge in [-0.25, -0.2) is 9.48 Å². The van der Waals surface area contributed by atoms with Gasteiger partial charge in [-0.2, -0.15) is 5.10 Å². The maximum atomic E-state index is 12.7. The van der Waals surface area contributed by atoms with Gasteiger partial charge in [-0.1, -0.05) is 0 Å². The monoisotopic (exact) mass is 393 g/mol. The zero-order chi connectivity index (χ0) is 20.9. The second kappa shape index (κ2) is 9.41. The third-order valence-corrected chi connectivity index (χ3v) is 4.82. The number of aromatic nitrogens is 2. The van der Waals surface area contributed by atoms with E-state index in [0.29, 0.717) is 18.3 Å². The van der Waals surface area contributed by atoms with Gasteiger partial charge in [0.25, 0.3) is 0 Å². The van der Waals surface area contributed by atoms with Crippen molar-refractivity contribution in [2.24, 2.45) is 5.92 Å². The fraction of sp³-hybridized carbons (Fsp3) is 0.750. The lowest BCUT2D eigenvalue weighted by Crippen LogP contribution is -2.49. The van der Waals surface area contributed by atoms with Crippen LogP contribution < -0.4 is 10.6 Å². The number of carbonyl (C=O) groups is 2. The molecule has 1 aliphatic rings. The SMILES string of the molecule is CC(C(=O)Nc1ccnn1C(C)C)N1CCCC(CNC(=O)OC(C)(C)C)C1. The molecule has 0 saturated carbocycles. The molecule has 8 nitrogen and oxygen atoms in total. The number of alkyl carbamates (subject to hydrolysis) is 1. The number of likely N-dealkylation sites (tertiary alicyclic amines) is 1. The lowest BCUT2D eigenvalue weighted by Gasteiger charge is -2.36. The first-order valence-corrected chi connectivity index (χ1v) is 10.1. The van der Waals surface area contributed by atoms with Crippen molar-refractivity contribution in [2.75, 3.05) is 25.0 Å². The van der Waals surface area contributed by atoms with E-state index in [1.54, 1.807) is 10.9 Å². The molecule has 1 fully saturated rings. The highest BCUT2D eigenvalue weighted by Crippen LogP contribution is 2.20. The molecule has 158 valence electrons. The Bertz CT molecular complexity index is 665. The molecule has 0 spiro atoms. The maximum absolute atomic E-state index is 12.7. The van der Waals surface area contributed by atoms with Gasteiger partial charge in [-0.15, -0.1) is 0 Å². The summed E-state index contributed by atoms with van der Waals surface area (Å²) in [6, 6.07) is 1.74. The Morgan fingerprint density at radius 2 is 2.04 bits per heavy atom. The normalized spacial score (nSPS) is 19.3. The summed E-state index contributed by atoms with van der Waals surface area (Å²) < 4.78 is 7.09. The number of nitrogens with zero attached hydrogens (tertiary/aromatic N) is 3. The molecule has 1 aromatic heterocycles. The molecule has 0 aromatic carbocycles. The molecule has 2 N–H and O–H groups in total. The minimum atomic E-state index is -0.502. The van der Waals surface area contributed by atoms with Crippen LogP contribution in [-0.4, -0.2) is 58.0 Å². The predicted molar refractivity (Wildman–Crippen MR) is 109 cm³/mol. The van der Waals surface area contributed by atoms with E-state index in [9.17, 15) is 9.59 Å². The minimum Gasteiger partial charge on any atom is -0.444 e.